The van der Waals surface area contributed by atoms with E-state index < -0.39 is 37.0 Å². The Kier molecular flexibility index (Phi) is 10.6. The van der Waals surface area contributed by atoms with Crippen molar-refractivity contribution in [3.8, 4) is 0 Å². The Morgan fingerprint density at radius 1 is 1.08 bits per heavy atom. The third-order valence-electron chi connectivity index (χ3n) is 4.21. The summed E-state index contributed by atoms with van der Waals surface area (Å²) < 4.78 is 16.1. The molecule has 0 aromatic heterocycles. The predicted octanol–water partition coefficient (Wildman–Crippen LogP) is 1.25. The van der Waals surface area contributed by atoms with Crippen molar-refractivity contribution in [2.75, 3.05) is 13.2 Å². The summed E-state index contributed by atoms with van der Waals surface area (Å²) in [5, 5.41) is 39.2. The van der Waals surface area contributed by atoms with E-state index in [2.05, 4.69) is 19.9 Å². The summed E-state index contributed by atoms with van der Waals surface area (Å²) in [7, 11) is 0. The van der Waals surface area contributed by atoms with E-state index in [-0.39, 0.29) is 19.6 Å². The average molecular weight is 374 g/mol. The van der Waals surface area contributed by atoms with Crippen molar-refractivity contribution in [1.29, 1.82) is 0 Å². The fourth-order valence-electron chi connectivity index (χ4n) is 2.62. The zero-order valence-electron chi connectivity index (χ0n) is 16.2. The van der Waals surface area contributed by atoms with Crippen LogP contribution in [0.2, 0.25) is 0 Å². The molecule has 0 radical (unpaired) electrons. The number of rotatable bonds is 10. The molecule has 4 N–H and O–H groups in total. The summed E-state index contributed by atoms with van der Waals surface area (Å²) in [5.41, 5.74) is 2.45. The van der Waals surface area contributed by atoms with Crippen LogP contribution in [0.1, 0.15) is 47.0 Å². The Labute approximate surface area is 155 Å². The molecule has 7 heteroatoms. The largest absolute Gasteiger partial charge is 0.388 e. The van der Waals surface area contributed by atoms with Crippen molar-refractivity contribution in [2.24, 2.45) is 0 Å². The minimum absolute atomic E-state index is 0.151. The average Bonchev–Trinajstić information content (AvgIpc) is 2.55. The number of hydrogen-bond acceptors (Lipinski definition) is 7. The van der Waals surface area contributed by atoms with Gasteiger partial charge in [0, 0.05) is 0 Å². The first-order valence-corrected chi connectivity index (χ1v) is 9.12. The van der Waals surface area contributed by atoms with Crippen molar-refractivity contribution in [3.05, 3.63) is 23.3 Å². The van der Waals surface area contributed by atoms with Crippen LogP contribution in [0.4, 0.5) is 0 Å². The van der Waals surface area contributed by atoms with Crippen LogP contribution in [0, 0.1) is 0 Å². The lowest BCUT2D eigenvalue weighted by Crippen LogP contribution is -2.58. The maximum Gasteiger partial charge on any atom is 0.186 e. The van der Waals surface area contributed by atoms with Crippen LogP contribution < -0.4 is 0 Å². The smallest absolute Gasteiger partial charge is 0.186 e. The van der Waals surface area contributed by atoms with Gasteiger partial charge in [-0.25, -0.2) is 0 Å². The Bertz CT molecular complexity index is 457. The minimum atomic E-state index is -1.37. The normalized spacial score (nSPS) is 30.9. The fourth-order valence-corrected chi connectivity index (χ4v) is 2.62. The number of hydrogen-bond donors (Lipinski definition) is 4. The topological polar surface area (TPSA) is 109 Å². The lowest BCUT2D eigenvalue weighted by Gasteiger charge is -2.40. The molecule has 0 aliphatic carbocycles. The molecule has 1 aliphatic rings. The number of allylic oxidation sites excluding steroid dienone is 3. The Morgan fingerprint density at radius 3 is 2.38 bits per heavy atom. The molecule has 1 aliphatic heterocycles. The van der Waals surface area contributed by atoms with Gasteiger partial charge in [-0.05, 0) is 47.0 Å². The maximum atomic E-state index is 10.0. The number of ether oxygens (including phenoxy) is 3. The van der Waals surface area contributed by atoms with Crippen molar-refractivity contribution in [2.45, 2.75) is 84.0 Å². The second-order valence-corrected chi connectivity index (χ2v) is 6.98. The molecule has 1 fully saturated rings. The highest BCUT2D eigenvalue weighted by atomic mass is 16.7. The zero-order valence-corrected chi connectivity index (χ0v) is 16.2. The summed E-state index contributed by atoms with van der Waals surface area (Å²) in [5.74, 6) is 0. The first kappa shape index (κ1) is 23.2. The molecule has 152 valence electrons. The van der Waals surface area contributed by atoms with Gasteiger partial charge in [-0.1, -0.05) is 23.3 Å². The Balaban J connectivity index is 2.49. The lowest BCUT2D eigenvalue weighted by molar-refractivity contribution is -0.296. The highest BCUT2D eigenvalue weighted by molar-refractivity contribution is 5.02. The Hall–Kier alpha value is -0.800. The quantitative estimate of drug-likeness (QED) is 0.337. The van der Waals surface area contributed by atoms with E-state index in [9.17, 15) is 15.3 Å². The third-order valence-corrected chi connectivity index (χ3v) is 4.21. The highest BCUT2D eigenvalue weighted by Gasteiger charge is 2.43. The van der Waals surface area contributed by atoms with Gasteiger partial charge in [-0.2, -0.15) is 0 Å². The van der Waals surface area contributed by atoms with Crippen molar-refractivity contribution in [3.63, 3.8) is 0 Å². The number of aliphatic hydroxyl groups excluding tert-OH is 4. The third kappa shape index (κ3) is 8.26. The Morgan fingerprint density at radius 2 is 1.77 bits per heavy atom. The van der Waals surface area contributed by atoms with Gasteiger partial charge >= 0.3 is 0 Å². The van der Waals surface area contributed by atoms with Gasteiger partial charge in [-0.3, -0.25) is 0 Å². The van der Waals surface area contributed by atoms with Crippen LogP contribution in [0.15, 0.2) is 23.3 Å². The summed E-state index contributed by atoms with van der Waals surface area (Å²) in [4.78, 5) is 0. The molecule has 2 unspecified atom stereocenters. The summed E-state index contributed by atoms with van der Waals surface area (Å²) >= 11 is 0. The molecule has 7 nitrogen and oxygen atoms in total. The van der Waals surface area contributed by atoms with Crippen LogP contribution in [0.3, 0.4) is 0 Å². The second-order valence-electron chi connectivity index (χ2n) is 6.98. The van der Waals surface area contributed by atoms with E-state index in [1.54, 1.807) is 0 Å². The second kappa shape index (κ2) is 11.8. The van der Waals surface area contributed by atoms with Crippen LogP contribution in [0.25, 0.3) is 0 Å². The van der Waals surface area contributed by atoms with E-state index in [4.69, 9.17) is 19.3 Å². The summed E-state index contributed by atoms with van der Waals surface area (Å²) in [6, 6.07) is 0. The highest BCUT2D eigenvalue weighted by Crippen LogP contribution is 2.24. The molecule has 0 aromatic carbocycles. The van der Waals surface area contributed by atoms with Crippen molar-refractivity contribution < 1.29 is 34.6 Å². The van der Waals surface area contributed by atoms with Crippen LogP contribution >= 0.6 is 0 Å². The van der Waals surface area contributed by atoms with Gasteiger partial charge in [0.2, 0.25) is 0 Å². The van der Waals surface area contributed by atoms with Gasteiger partial charge in [0.15, 0.2) is 12.6 Å². The standard InChI is InChI=1S/C19H34O7/c1-12(2)6-5-7-13(3)8-10-25-19-18(23)17(22)16(21)15(26-19)9-11-24-14(4)20/h6,8,14-23H,5,7,9-11H2,1-4H3/b13-8+/t14?,15-,16-,17+,18-,19?/m1/s1. The molecule has 6 atom stereocenters. The molecular weight excluding hydrogens is 340 g/mol. The summed E-state index contributed by atoms with van der Waals surface area (Å²) in [6.45, 7) is 8.00. The van der Waals surface area contributed by atoms with E-state index in [0.29, 0.717) is 0 Å². The van der Waals surface area contributed by atoms with Crippen molar-refractivity contribution in [1.82, 2.24) is 0 Å². The zero-order chi connectivity index (χ0) is 19.7. The SMILES string of the molecule is CC(C)=CCC/C(C)=C/COC1O[C@H](CCOC(C)O)[C@@H](O)[C@H](O)[C@H]1O. The molecule has 1 saturated heterocycles. The first-order chi connectivity index (χ1) is 12.2. The molecule has 0 amide bonds. The van der Waals surface area contributed by atoms with E-state index in [1.165, 1.54) is 12.5 Å². The van der Waals surface area contributed by atoms with E-state index >= 15 is 0 Å². The van der Waals surface area contributed by atoms with Gasteiger partial charge in [0.05, 0.1) is 19.3 Å². The first-order valence-electron chi connectivity index (χ1n) is 9.12. The summed E-state index contributed by atoms with van der Waals surface area (Å²) in [6.07, 6.45) is -0.429. The van der Waals surface area contributed by atoms with Gasteiger partial charge < -0.3 is 34.6 Å². The van der Waals surface area contributed by atoms with E-state index in [0.717, 1.165) is 18.4 Å². The molecule has 1 rings (SSSR count). The molecule has 26 heavy (non-hydrogen) atoms. The number of aliphatic hydroxyl groups is 4. The lowest BCUT2D eigenvalue weighted by atomic mass is 9.97. The molecule has 0 aromatic rings. The van der Waals surface area contributed by atoms with Crippen LogP contribution in [0.5, 0.6) is 0 Å². The van der Waals surface area contributed by atoms with Gasteiger partial charge in [0.25, 0.3) is 0 Å². The van der Waals surface area contributed by atoms with Gasteiger partial charge in [-0.15, -0.1) is 0 Å². The monoisotopic (exact) mass is 374 g/mol. The van der Waals surface area contributed by atoms with Crippen LogP contribution in [-0.4, -0.2) is 70.6 Å². The van der Waals surface area contributed by atoms with Gasteiger partial charge in [0.1, 0.15) is 18.3 Å². The molecular formula is C19H34O7. The fraction of sp³-hybridized carbons (Fsp3) is 0.789. The van der Waals surface area contributed by atoms with E-state index in [1.807, 2.05) is 13.0 Å². The molecule has 0 bridgehead atoms. The van der Waals surface area contributed by atoms with Crippen molar-refractivity contribution >= 4 is 0 Å². The molecule has 0 saturated carbocycles. The predicted molar refractivity (Wildman–Crippen MR) is 97.3 cm³/mol. The molecule has 1 heterocycles. The molecule has 0 spiro atoms. The minimum Gasteiger partial charge on any atom is -0.388 e. The van der Waals surface area contributed by atoms with Crippen LogP contribution in [-0.2, 0) is 14.2 Å². The maximum absolute atomic E-state index is 10.0.